The van der Waals surface area contributed by atoms with Crippen LogP contribution in [0.5, 0.6) is 0 Å². The van der Waals surface area contributed by atoms with E-state index in [2.05, 4.69) is 9.71 Å². The van der Waals surface area contributed by atoms with E-state index in [4.69, 9.17) is 11.6 Å². The lowest BCUT2D eigenvalue weighted by Gasteiger charge is -2.19. The van der Waals surface area contributed by atoms with Crippen LogP contribution in [0.15, 0.2) is 41.4 Å². The summed E-state index contributed by atoms with van der Waals surface area (Å²) >= 11 is 5.93. The van der Waals surface area contributed by atoms with E-state index in [0.29, 0.717) is 5.82 Å². The lowest BCUT2D eigenvalue weighted by Crippen LogP contribution is -2.22. The molecular weight excluding hydrogens is 366 g/mol. The Morgan fingerprint density at radius 2 is 1.92 bits per heavy atom. The largest absolute Gasteiger partial charge is 0.478 e. The molecule has 0 radical (unpaired) electrons. The van der Waals surface area contributed by atoms with Crippen molar-refractivity contribution in [3.05, 3.63) is 47.1 Å². The molecule has 1 aromatic carbocycles. The first-order chi connectivity index (χ1) is 11.9. The number of aromatic nitrogens is 1. The molecule has 1 saturated heterocycles. The Bertz CT molecular complexity index is 911. The molecule has 1 fully saturated rings. The second-order valence-corrected chi connectivity index (χ2v) is 7.69. The van der Waals surface area contributed by atoms with E-state index in [9.17, 15) is 18.3 Å². The Morgan fingerprint density at radius 1 is 1.24 bits per heavy atom. The van der Waals surface area contributed by atoms with Crippen molar-refractivity contribution in [1.29, 1.82) is 0 Å². The number of carboxylic acids is 1. The van der Waals surface area contributed by atoms with Crippen molar-refractivity contribution in [3.63, 3.8) is 0 Å². The second kappa shape index (κ2) is 6.89. The minimum absolute atomic E-state index is 0.0405. The van der Waals surface area contributed by atoms with Crippen molar-refractivity contribution in [2.45, 2.75) is 17.7 Å². The van der Waals surface area contributed by atoms with Gasteiger partial charge in [-0.3, -0.25) is 4.72 Å². The van der Waals surface area contributed by atoms with Crippen LogP contribution in [-0.2, 0) is 10.0 Å². The number of nitrogens with one attached hydrogen (secondary N) is 1. The number of pyridine rings is 1. The highest BCUT2D eigenvalue weighted by Crippen LogP contribution is 2.27. The van der Waals surface area contributed by atoms with Gasteiger partial charge in [0.1, 0.15) is 16.3 Å². The van der Waals surface area contributed by atoms with Gasteiger partial charge in [0.05, 0.1) is 16.9 Å². The molecule has 1 aromatic heterocycles. The molecule has 0 saturated carbocycles. The minimum Gasteiger partial charge on any atom is -0.478 e. The zero-order valence-corrected chi connectivity index (χ0v) is 14.7. The maximum absolute atomic E-state index is 12.5. The molecule has 9 heteroatoms. The zero-order chi connectivity index (χ0) is 18.0. The van der Waals surface area contributed by atoms with E-state index in [1.54, 1.807) is 12.1 Å². The molecule has 2 aromatic rings. The molecule has 1 aliphatic rings. The number of hydrogen-bond acceptors (Lipinski definition) is 5. The number of sulfonamides is 1. The van der Waals surface area contributed by atoms with Gasteiger partial charge in [0.25, 0.3) is 10.0 Å². The summed E-state index contributed by atoms with van der Waals surface area (Å²) in [4.78, 5) is 17.5. The summed E-state index contributed by atoms with van der Waals surface area (Å²) in [6.45, 7) is 1.47. The number of hydrogen-bond donors (Lipinski definition) is 2. The van der Waals surface area contributed by atoms with Crippen molar-refractivity contribution in [1.82, 2.24) is 4.98 Å². The second-order valence-electron chi connectivity index (χ2n) is 5.63. The van der Waals surface area contributed by atoms with Gasteiger partial charge >= 0.3 is 5.97 Å². The summed E-state index contributed by atoms with van der Waals surface area (Å²) in [5, 5.41) is 9.52. The van der Waals surface area contributed by atoms with Crippen LogP contribution >= 0.6 is 11.6 Å². The molecule has 132 valence electrons. The molecule has 0 aliphatic carbocycles. The number of carbonyl (C=O) groups is 1. The number of nitrogens with zero attached hydrogens (tertiary/aromatic N) is 2. The van der Waals surface area contributed by atoms with E-state index in [0.717, 1.165) is 25.9 Å². The number of anilines is 2. The van der Waals surface area contributed by atoms with Gasteiger partial charge in [-0.05, 0) is 31.0 Å². The van der Waals surface area contributed by atoms with Crippen LogP contribution in [0.2, 0.25) is 5.02 Å². The Hall–Kier alpha value is -2.32. The minimum atomic E-state index is -3.95. The van der Waals surface area contributed by atoms with Crippen LogP contribution in [0, 0.1) is 0 Å². The topological polar surface area (TPSA) is 99.6 Å². The van der Waals surface area contributed by atoms with E-state index in [1.807, 2.05) is 4.90 Å². The van der Waals surface area contributed by atoms with Crippen LogP contribution in [0.4, 0.5) is 11.5 Å². The summed E-state index contributed by atoms with van der Waals surface area (Å²) in [6.07, 6.45) is 3.26. The third-order valence-corrected chi connectivity index (χ3v) is 5.76. The van der Waals surface area contributed by atoms with E-state index >= 15 is 0 Å². The van der Waals surface area contributed by atoms with Gasteiger partial charge in [-0.25, -0.2) is 18.2 Å². The van der Waals surface area contributed by atoms with Crippen LogP contribution in [0.1, 0.15) is 23.2 Å². The van der Waals surface area contributed by atoms with Crippen molar-refractivity contribution in [2.75, 3.05) is 22.7 Å². The summed E-state index contributed by atoms with van der Waals surface area (Å²) in [5.41, 5.74) is 0.0292. The standard InChI is InChI=1S/C16H16ClN3O4S/c17-13-5-1-2-6-14(13)25(23,24)19-11-9-12(16(21)22)15(18-10-11)20-7-3-4-8-20/h1-2,5-6,9-10,19H,3-4,7-8H2,(H,21,22). The Labute approximate surface area is 150 Å². The Balaban J connectivity index is 1.94. The number of aromatic carboxylic acids is 1. The van der Waals surface area contributed by atoms with Crippen molar-refractivity contribution < 1.29 is 18.3 Å². The predicted molar refractivity (Wildman–Crippen MR) is 94.9 cm³/mol. The molecule has 3 rings (SSSR count). The van der Waals surface area contributed by atoms with Crippen LogP contribution in [-0.4, -0.2) is 37.6 Å². The SMILES string of the molecule is O=C(O)c1cc(NS(=O)(=O)c2ccccc2Cl)cnc1N1CCCC1. The van der Waals surface area contributed by atoms with Crippen molar-refractivity contribution >= 4 is 39.1 Å². The molecule has 1 aliphatic heterocycles. The quantitative estimate of drug-likeness (QED) is 0.826. The van der Waals surface area contributed by atoms with Gasteiger partial charge in [0.15, 0.2) is 0 Å². The summed E-state index contributed by atoms with van der Waals surface area (Å²) < 4.78 is 27.3. The van der Waals surface area contributed by atoms with E-state index in [-0.39, 0.29) is 21.2 Å². The predicted octanol–water partition coefficient (Wildman–Crippen LogP) is 2.83. The normalized spacial score (nSPS) is 14.5. The highest BCUT2D eigenvalue weighted by Gasteiger charge is 2.23. The van der Waals surface area contributed by atoms with E-state index in [1.165, 1.54) is 24.4 Å². The number of carboxylic acid groups (broad SMARTS) is 1. The van der Waals surface area contributed by atoms with Crippen LogP contribution in [0.3, 0.4) is 0 Å². The molecular formula is C16H16ClN3O4S. The molecule has 25 heavy (non-hydrogen) atoms. The molecule has 0 bridgehead atoms. The first kappa shape index (κ1) is 17.5. The van der Waals surface area contributed by atoms with Crippen LogP contribution in [0.25, 0.3) is 0 Å². The fourth-order valence-electron chi connectivity index (χ4n) is 2.72. The number of rotatable bonds is 5. The van der Waals surface area contributed by atoms with Gasteiger partial charge in [0.2, 0.25) is 0 Å². The zero-order valence-electron chi connectivity index (χ0n) is 13.1. The monoisotopic (exact) mass is 381 g/mol. The highest BCUT2D eigenvalue weighted by molar-refractivity contribution is 7.92. The molecule has 0 unspecified atom stereocenters. The number of halogens is 1. The first-order valence-corrected chi connectivity index (χ1v) is 9.50. The third kappa shape index (κ3) is 3.69. The Kier molecular flexibility index (Phi) is 4.82. The number of benzene rings is 1. The molecule has 0 atom stereocenters. The summed E-state index contributed by atoms with van der Waals surface area (Å²) in [6, 6.07) is 7.29. The molecule has 2 heterocycles. The van der Waals surface area contributed by atoms with Gasteiger partial charge in [-0.1, -0.05) is 23.7 Å². The third-order valence-electron chi connectivity index (χ3n) is 3.88. The average Bonchev–Trinajstić information content (AvgIpc) is 3.09. The summed E-state index contributed by atoms with van der Waals surface area (Å²) in [5.74, 6) is -0.807. The molecule has 7 nitrogen and oxygen atoms in total. The maximum atomic E-state index is 12.5. The lowest BCUT2D eigenvalue weighted by atomic mass is 10.2. The smallest absolute Gasteiger partial charge is 0.339 e. The molecule has 0 amide bonds. The molecule has 0 spiro atoms. The highest BCUT2D eigenvalue weighted by atomic mass is 35.5. The van der Waals surface area contributed by atoms with Gasteiger partial charge in [-0.15, -0.1) is 0 Å². The maximum Gasteiger partial charge on any atom is 0.339 e. The van der Waals surface area contributed by atoms with Gasteiger partial charge in [0, 0.05) is 13.1 Å². The lowest BCUT2D eigenvalue weighted by molar-refractivity contribution is 0.0697. The van der Waals surface area contributed by atoms with Crippen molar-refractivity contribution in [2.24, 2.45) is 0 Å². The average molecular weight is 382 g/mol. The van der Waals surface area contributed by atoms with E-state index < -0.39 is 16.0 Å². The van der Waals surface area contributed by atoms with Crippen molar-refractivity contribution in [3.8, 4) is 0 Å². The van der Waals surface area contributed by atoms with Gasteiger partial charge in [-0.2, -0.15) is 0 Å². The van der Waals surface area contributed by atoms with Gasteiger partial charge < -0.3 is 10.0 Å². The first-order valence-electron chi connectivity index (χ1n) is 7.64. The molecule has 2 N–H and O–H groups in total. The summed E-state index contributed by atoms with van der Waals surface area (Å²) in [7, 11) is -3.95. The fraction of sp³-hybridized carbons (Fsp3) is 0.250. The Morgan fingerprint density at radius 3 is 2.56 bits per heavy atom. The van der Waals surface area contributed by atoms with Crippen LogP contribution < -0.4 is 9.62 Å². The fourth-order valence-corrected chi connectivity index (χ4v) is 4.28.